The summed E-state index contributed by atoms with van der Waals surface area (Å²) in [7, 11) is 0. The number of ether oxygens (including phenoxy) is 2. The predicted molar refractivity (Wildman–Crippen MR) is 78.7 cm³/mol. The Balaban J connectivity index is 1.84. The van der Waals surface area contributed by atoms with E-state index in [4.69, 9.17) is 9.47 Å². The van der Waals surface area contributed by atoms with E-state index in [0.717, 1.165) is 0 Å². The number of hydrogen-bond donors (Lipinski definition) is 0. The zero-order chi connectivity index (χ0) is 15.6. The van der Waals surface area contributed by atoms with Crippen molar-refractivity contribution in [2.24, 2.45) is 0 Å². The molecule has 0 spiro atoms. The SMILES string of the molecule is CC(=O)c1cccc(OC2CN(C(=O)OC(C)(C)C)C2)c1. The number of carbonyl (C=O) groups excluding carboxylic acids is 2. The number of amides is 1. The molecule has 0 atom stereocenters. The average Bonchev–Trinajstić information content (AvgIpc) is 2.31. The maximum Gasteiger partial charge on any atom is 0.410 e. The number of hydrogen-bond acceptors (Lipinski definition) is 4. The van der Waals surface area contributed by atoms with E-state index in [9.17, 15) is 9.59 Å². The van der Waals surface area contributed by atoms with Crippen molar-refractivity contribution < 1.29 is 19.1 Å². The van der Waals surface area contributed by atoms with Crippen LogP contribution in [0.2, 0.25) is 0 Å². The monoisotopic (exact) mass is 291 g/mol. The van der Waals surface area contributed by atoms with Gasteiger partial charge in [-0.3, -0.25) is 4.79 Å². The molecule has 114 valence electrons. The highest BCUT2D eigenvalue weighted by Crippen LogP contribution is 2.21. The van der Waals surface area contributed by atoms with Crippen LogP contribution in [0.5, 0.6) is 5.75 Å². The molecule has 1 amide bonds. The van der Waals surface area contributed by atoms with Crippen LogP contribution in [0.15, 0.2) is 24.3 Å². The van der Waals surface area contributed by atoms with Gasteiger partial charge >= 0.3 is 6.09 Å². The number of rotatable bonds is 3. The van der Waals surface area contributed by atoms with Gasteiger partial charge in [0.25, 0.3) is 0 Å². The van der Waals surface area contributed by atoms with Crippen molar-refractivity contribution >= 4 is 11.9 Å². The first-order valence-electron chi connectivity index (χ1n) is 7.00. The van der Waals surface area contributed by atoms with Crippen molar-refractivity contribution in [1.29, 1.82) is 0 Å². The third-order valence-corrected chi connectivity index (χ3v) is 3.04. The largest absolute Gasteiger partial charge is 0.487 e. The van der Waals surface area contributed by atoms with Crippen LogP contribution < -0.4 is 4.74 Å². The van der Waals surface area contributed by atoms with E-state index in [-0.39, 0.29) is 18.0 Å². The smallest absolute Gasteiger partial charge is 0.410 e. The minimum atomic E-state index is -0.487. The van der Waals surface area contributed by atoms with Crippen LogP contribution in [-0.4, -0.2) is 41.6 Å². The van der Waals surface area contributed by atoms with Crippen LogP contribution in [0.4, 0.5) is 4.79 Å². The fourth-order valence-corrected chi connectivity index (χ4v) is 1.97. The van der Waals surface area contributed by atoms with Crippen LogP contribution >= 0.6 is 0 Å². The summed E-state index contributed by atoms with van der Waals surface area (Å²) in [6.45, 7) is 8.04. The van der Waals surface area contributed by atoms with Gasteiger partial charge in [-0.1, -0.05) is 12.1 Å². The molecule has 0 radical (unpaired) electrons. The Morgan fingerprint density at radius 1 is 1.24 bits per heavy atom. The highest BCUT2D eigenvalue weighted by Gasteiger charge is 2.35. The predicted octanol–water partition coefficient (Wildman–Crippen LogP) is 2.89. The molecule has 0 aliphatic carbocycles. The van der Waals surface area contributed by atoms with Gasteiger partial charge in [0.1, 0.15) is 17.5 Å². The average molecular weight is 291 g/mol. The lowest BCUT2D eigenvalue weighted by atomic mass is 10.1. The highest BCUT2D eigenvalue weighted by molar-refractivity contribution is 5.94. The number of benzene rings is 1. The molecule has 1 aromatic rings. The molecule has 1 saturated heterocycles. The summed E-state index contributed by atoms with van der Waals surface area (Å²) in [6.07, 6.45) is -0.375. The first-order valence-corrected chi connectivity index (χ1v) is 7.00. The normalized spacial score (nSPS) is 15.3. The molecular weight excluding hydrogens is 270 g/mol. The van der Waals surface area contributed by atoms with Crippen molar-refractivity contribution in [2.75, 3.05) is 13.1 Å². The van der Waals surface area contributed by atoms with Crippen molar-refractivity contribution in [1.82, 2.24) is 4.90 Å². The Morgan fingerprint density at radius 3 is 2.48 bits per heavy atom. The Kier molecular flexibility index (Phi) is 4.21. The van der Waals surface area contributed by atoms with Gasteiger partial charge < -0.3 is 14.4 Å². The van der Waals surface area contributed by atoms with Gasteiger partial charge in [0, 0.05) is 5.56 Å². The van der Waals surface area contributed by atoms with E-state index in [1.54, 1.807) is 23.1 Å². The molecule has 2 rings (SSSR count). The first kappa shape index (κ1) is 15.4. The van der Waals surface area contributed by atoms with Gasteiger partial charge in [0.2, 0.25) is 0 Å². The fraction of sp³-hybridized carbons (Fsp3) is 0.500. The van der Waals surface area contributed by atoms with E-state index >= 15 is 0 Å². The van der Waals surface area contributed by atoms with Gasteiger partial charge in [-0.25, -0.2) is 4.79 Å². The summed E-state index contributed by atoms with van der Waals surface area (Å²) in [6, 6.07) is 7.07. The minimum Gasteiger partial charge on any atom is -0.487 e. The molecule has 0 aromatic heterocycles. The van der Waals surface area contributed by atoms with Gasteiger partial charge in [-0.05, 0) is 39.8 Å². The van der Waals surface area contributed by atoms with Crippen molar-refractivity contribution in [2.45, 2.75) is 39.4 Å². The summed E-state index contributed by atoms with van der Waals surface area (Å²) in [4.78, 5) is 24.7. The molecule has 1 fully saturated rings. The van der Waals surface area contributed by atoms with E-state index in [2.05, 4.69) is 0 Å². The van der Waals surface area contributed by atoms with Gasteiger partial charge in [-0.2, -0.15) is 0 Å². The lowest BCUT2D eigenvalue weighted by molar-refractivity contribution is -0.0221. The summed E-state index contributed by atoms with van der Waals surface area (Å²) in [5, 5.41) is 0. The molecule has 1 aliphatic heterocycles. The molecule has 0 N–H and O–H groups in total. The molecule has 5 nitrogen and oxygen atoms in total. The molecule has 1 aliphatic rings. The molecular formula is C16H21NO4. The Labute approximate surface area is 124 Å². The first-order chi connectivity index (χ1) is 9.74. The Bertz CT molecular complexity index is 541. The van der Waals surface area contributed by atoms with Crippen LogP contribution in [-0.2, 0) is 4.74 Å². The molecule has 1 aromatic carbocycles. The number of carbonyl (C=O) groups is 2. The van der Waals surface area contributed by atoms with Crippen LogP contribution in [0.1, 0.15) is 38.1 Å². The van der Waals surface area contributed by atoms with E-state index in [1.807, 2.05) is 26.8 Å². The summed E-state index contributed by atoms with van der Waals surface area (Å²) < 4.78 is 11.0. The van der Waals surface area contributed by atoms with Crippen LogP contribution in [0, 0.1) is 0 Å². The van der Waals surface area contributed by atoms with Gasteiger partial charge in [-0.15, -0.1) is 0 Å². The second-order valence-electron chi connectivity index (χ2n) is 6.21. The minimum absolute atomic E-state index is 0.00411. The second-order valence-corrected chi connectivity index (χ2v) is 6.21. The molecule has 5 heteroatoms. The third kappa shape index (κ3) is 4.21. The standard InChI is InChI=1S/C16H21NO4/c1-11(18)12-6-5-7-13(8-12)20-14-9-17(10-14)15(19)21-16(2,3)4/h5-8,14H,9-10H2,1-4H3. The summed E-state index contributed by atoms with van der Waals surface area (Å²) in [5.74, 6) is 0.654. The van der Waals surface area contributed by atoms with Crippen LogP contribution in [0.25, 0.3) is 0 Å². The highest BCUT2D eigenvalue weighted by atomic mass is 16.6. The van der Waals surface area contributed by atoms with Crippen molar-refractivity contribution in [3.8, 4) is 5.75 Å². The Morgan fingerprint density at radius 2 is 1.90 bits per heavy atom. The lowest BCUT2D eigenvalue weighted by Crippen LogP contribution is -2.57. The zero-order valence-corrected chi connectivity index (χ0v) is 12.9. The third-order valence-electron chi connectivity index (χ3n) is 3.04. The maximum atomic E-state index is 11.8. The number of Topliss-reactive ketones (excluding diaryl/α,β-unsaturated/α-hetero) is 1. The molecule has 0 unspecified atom stereocenters. The summed E-state index contributed by atoms with van der Waals surface area (Å²) in [5.41, 5.74) is 0.134. The van der Waals surface area contributed by atoms with Gasteiger partial charge in [0.15, 0.2) is 5.78 Å². The van der Waals surface area contributed by atoms with Gasteiger partial charge in [0.05, 0.1) is 13.1 Å². The van der Waals surface area contributed by atoms with Crippen molar-refractivity contribution in [3.63, 3.8) is 0 Å². The van der Waals surface area contributed by atoms with Crippen LogP contribution in [0.3, 0.4) is 0 Å². The second kappa shape index (κ2) is 5.76. The van der Waals surface area contributed by atoms with E-state index < -0.39 is 5.60 Å². The molecule has 0 bridgehead atoms. The maximum absolute atomic E-state index is 11.8. The van der Waals surface area contributed by atoms with E-state index in [1.165, 1.54) is 6.92 Å². The Hall–Kier alpha value is -2.04. The molecule has 0 saturated carbocycles. The fourth-order valence-electron chi connectivity index (χ4n) is 1.97. The topological polar surface area (TPSA) is 55.8 Å². The number of likely N-dealkylation sites (tertiary alicyclic amines) is 1. The molecule has 21 heavy (non-hydrogen) atoms. The number of nitrogens with zero attached hydrogens (tertiary/aromatic N) is 1. The zero-order valence-electron chi connectivity index (χ0n) is 12.9. The summed E-state index contributed by atoms with van der Waals surface area (Å²) >= 11 is 0. The molecule has 1 heterocycles. The van der Waals surface area contributed by atoms with Crippen molar-refractivity contribution in [3.05, 3.63) is 29.8 Å². The lowest BCUT2D eigenvalue weighted by Gasteiger charge is -2.39. The van der Waals surface area contributed by atoms with E-state index in [0.29, 0.717) is 24.4 Å². The number of ketones is 1. The quantitative estimate of drug-likeness (QED) is 0.804.